The van der Waals surface area contributed by atoms with Crippen LogP contribution in [0.4, 0.5) is 0 Å². The molecule has 0 aliphatic rings. The first-order valence-electron chi connectivity index (χ1n) is 5.06. The second-order valence-corrected chi connectivity index (χ2v) is 5.37. The lowest BCUT2D eigenvalue weighted by Gasteiger charge is -2.18. The molecule has 0 bridgehead atoms. The molecule has 0 unspecified atom stereocenters. The number of benzene rings is 1. The van der Waals surface area contributed by atoms with Gasteiger partial charge in [0.2, 0.25) is 0 Å². The van der Waals surface area contributed by atoms with Crippen LogP contribution < -0.4 is 5.32 Å². The lowest BCUT2D eigenvalue weighted by molar-refractivity contribution is 0.0795. The highest BCUT2D eigenvalue weighted by Gasteiger charge is 2.11. The molecular weight excluding hydrogens is 254 g/mol. The monoisotopic (exact) mass is 271 g/mol. The van der Waals surface area contributed by atoms with Crippen molar-refractivity contribution < 1.29 is 5.11 Å². The third kappa shape index (κ3) is 4.78. The van der Waals surface area contributed by atoms with Crippen LogP contribution in [0, 0.1) is 6.92 Å². The Balaban J connectivity index is 2.54. The first-order chi connectivity index (χ1) is 6.88. The van der Waals surface area contributed by atoms with E-state index in [0.717, 1.165) is 11.0 Å². The normalized spacial score (nSPS) is 11.8. The Labute approximate surface area is 99.8 Å². The molecule has 1 aromatic carbocycles. The van der Waals surface area contributed by atoms with Gasteiger partial charge in [-0.25, -0.2) is 0 Å². The van der Waals surface area contributed by atoms with Gasteiger partial charge in [0.05, 0.1) is 5.60 Å². The van der Waals surface area contributed by atoms with E-state index in [4.69, 9.17) is 0 Å². The molecule has 0 radical (unpaired) electrons. The maximum Gasteiger partial charge on any atom is 0.0715 e. The summed E-state index contributed by atoms with van der Waals surface area (Å²) in [5, 5.41) is 12.8. The highest BCUT2D eigenvalue weighted by molar-refractivity contribution is 9.10. The van der Waals surface area contributed by atoms with Crippen LogP contribution in [0.5, 0.6) is 0 Å². The van der Waals surface area contributed by atoms with E-state index in [1.165, 1.54) is 11.1 Å². The topological polar surface area (TPSA) is 32.3 Å². The zero-order chi connectivity index (χ0) is 11.5. The molecule has 0 aliphatic heterocycles. The molecule has 2 nitrogen and oxygen atoms in total. The van der Waals surface area contributed by atoms with Crippen molar-refractivity contribution >= 4 is 15.9 Å². The summed E-state index contributed by atoms with van der Waals surface area (Å²) in [6.07, 6.45) is 0. The maximum absolute atomic E-state index is 9.55. The molecule has 0 saturated carbocycles. The van der Waals surface area contributed by atoms with Gasteiger partial charge >= 0.3 is 0 Å². The van der Waals surface area contributed by atoms with Crippen LogP contribution in [-0.4, -0.2) is 17.3 Å². The maximum atomic E-state index is 9.55. The molecule has 3 heteroatoms. The van der Waals surface area contributed by atoms with E-state index in [1.54, 1.807) is 13.8 Å². The van der Waals surface area contributed by atoms with Gasteiger partial charge in [0.1, 0.15) is 0 Å². The molecule has 1 rings (SSSR count). The molecule has 0 aromatic heterocycles. The first-order valence-corrected chi connectivity index (χ1v) is 5.86. The quantitative estimate of drug-likeness (QED) is 0.883. The van der Waals surface area contributed by atoms with Gasteiger partial charge in [-0.2, -0.15) is 0 Å². The van der Waals surface area contributed by atoms with Gasteiger partial charge in [-0.15, -0.1) is 0 Å². The minimum Gasteiger partial charge on any atom is -0.389 e. The third-order valence-electron chi connectivity index (χ3n) is 2.07. The Morgan fingerprint density at radius 2 is 2.07 bits per heavy atom. The van der Waals surface area contributed by atoms with Crippen molar-refractivity contribution in [3.8, 4) is 0 Å². The van der Waals surface area contributed by atoms with E-state index in [0.29, 0.717) is 6.54 Å². The minimum atomic E-state index is -0.656. The summed E-state index contributed by atoms with van der Waals surface area (Å²) in [6, 6.07) is 6.27. The predicted molar refractivity (Wildman–Crippen MR) is 66.9 cm³/mol. The number of rotatable bonds is 4. The van der Waals surface area contributed by atoms with Gasteiger partial charge in [0.25, 0.3) is 0 Å². The highest BCUT2D eigenvalue weighted by Crippen LogP contribution is 2.17. The number of hydrogen-bond donors (Lipinski definition) is 2. The fourth-order valence-corrected chi connectivity index (χ4v) is 1.73. The molecule has 0 heterocycles. The molecule has 1 aromatic rings. The van der Waals surface area contributed by atoms with Gasteiger partial charge < -0.3 is 10.4 Å². The van der Waals surface area contributed by atoms with Crippen molar-refractivity contribution in [2.75, 3.05) is 6.54 Å². The Kier molecular flexibility index (Phi) is 4.32. The molecule has 0 atom stereocenters. The van der Waals surface area contributed by atoms with E-state index in [9.17, 15) is 5.11 Å². The summed E-state index contributed by atoms with van der Waals surface area (Å²) in [6.45, 7) is 7.03. The molecule has 2 N–H and O–H groups in total. The number of aryl methyl sites for hydroxylation is 1. The van der Waals surface area contributed by atoms with E-state index in [-0.39, 0.29) is 0 Å². The van der Waals surface area contributed by atoms with E-state index < -0.39 is 5.60 Å². The highest BCUT2D eigenvalue weighted by atomic mass is 79.9. The molecular formula is C12H18BrNO. The second-order valence-electron chi connectivity index (χ2n) is 4.51. The Hall–Kier alpha value is -0.380. The van der Waals surface area contributed by atoms with E-state index >= 15 is 0 Å². The average molecular weight is 272 g/mol. The lowest BCUT2D eigenvalue weighted by Crippen LogP contribution is -2.34. The Morgan fingerprint density at radius 3 is 2.67 bits per heavy atom. The summed E-state index contributed by atoms with van der Waals surface area (Å²) in [5.41, 5.74) is 1.81. The molecule has 0 amide bonds. The standard InChI is InChI=1S/C12H18BrNO/c1-9-4-5-11(13)10(6-9)7-14-8-12(2,3)15/h4-6,14-15H,7-8H2,1-3H3. The first kappa shape index (κ1) is 12.7. The van der Waals surface area contributed by atoms with Gasteiger partial charge in [0, 0.05) is 17.6 Å². The summed E-state index contributed by atoms with van der Waals surface area (Å²) in [5.74, 6) is 0. The van der Waals surface area contributed by atoms with Crippen LogP contribution in [0.3, 0.4) is 0 Å². The zero-order valence-electron chi connectivity index (χ0n) is 9.47. The minimum absolute atomic E-state index is 0.591. The molecule has 0 spiro atoms. The third-order valence-corrected chi connectivity index (χ3v) is 2.85. The summed E-state index contributed by atoms with van der Waals surface area (Å²) in [4.78, 5) is 0. The fourth-order valence-electron chi connectivity index (χ4n) is 1.34. The van der Waals surface area contributed by atoms with Gasteiger partial charge in [0.15, 0.2) is 0 Å². The van der Waals surface area contributed by atoms with Crippen molar-refractivity contribution in [2.24, 2.45) is 0 Å². The van der Waals surface area contributed by atoms with E-state index in [1.807, 2.05) is 0 Å². The van der Waals surface area contributed by atoms with Crippen molar-refractivity contribution in [3.05, 3.63) is 33.8 Å². The van der Waals surface area contributed by atoms with Gasteiger partial charge in [-0.05, 0) is 32.4 Å². The smallest absolute Gasteiger partial charge is 0.0715 e. The zero-order valence-corrected chi connectivity index (χ0v) is 11.1. The second kappa shape index (κ2) is 5.10. The summed E-state index contributed by atoms with van der Waals surface area (Å²) in [7, 11) is 0. The predicted octanol–water partition coefficient (Wildman–Crippen LogP) is 2.62. The Morgan fingerprint density at radius 1 is 1.40 bits per heavy atom. The van der Waals surface area contributed by atoms with Crippen LogP contribution >= 0.6 is 15.9 Å². The molecule has 0 aliphatic carbocycles. The van der Waals surface area contributed by atoms with Crippen molar-refractivity contribution in [3.63, 3.8) is 0 Å². The van der Waals surface area contributed by atoms with Crippen molar-refractivity contribution in [2.45, 2.75) is 32.9 Å². The SMILES string of the molecule is Cc1ccc(Br)c(CNCC(C)(C)O)c1. The average Bonchev–Trinajstić information content (AvgIpc) is 2.09. The van der Waals surface area contributed by atoms with Crippen LogP contribution in [0.2, 0.25) is 0 Å². The number of aliphatic hydroxyl groups is 1. The van der Waals surface area contributed by atoms with Crippen LogP contribution in [0.1, 0.15) is 25.0 Å². The largest absolute Gasteiger partial charge is 0.389 e. The van der Waals surface area contributed by atoms with E-state index in [2.05, 4.69) is 46.4 Å². The van der Waals surface area contributed by atoms with Crippen LogP contribution in [0.15, 0.2) is 22.7 Å². The van der Waals surface area contributed by atoms with Gasteiger partial charge in [-0.1, -0.05) is 33.6 Å². The Bertz CT molecular complexity index is 331. The van der Waals surface area contributed by atoms with Crippen molar-refractivity contribution in [1.82, 2.24) is 5.32 Å². The van der Waals surface area contributed by atoms with Crippen LogP contribution in [0.25, 0.3) is 0 Å². The van der Waals surface area contributed by atoms with Crippen LogP contribution in [-0.2, 0) is 6.54 Å². The van der Waals surface area contributed by atoms with Gasteiger partial charge in [-0.3, -0.25) is 0 Å². The fraction of sp³-hybridized carbons (Fsp3) is 0.500. The summed E-state index contributed by atoms with van der Waals surface area (Å²) >= 11 is 3.51. The molecule has 84 valence electrons. The number of hydrogen-bond acceptors (Lipinski definition) is 2. The molecule has 0 saturated heterocycles. The molecule has 15 heavy (non-hydrogen) atoms. The lowest BCUT2D eigenvalue weighted by atomic mass is 10.1. The number of nitrogens with one attached hydrogen (secondary N) is 1. The number of halogens is 1. The molecule has 0 fully saturated rings. The van der Waals surface area contributed by atoms with Crippen molar-refractivity contribution in [1.29, 1.82) is 0 Å². The summed E-state index contributed by atoms with van der Waals surface area (Å²) < 4.78 is 1.11.